The van der Waals surface area contributed by atoms with Gasteiger partial charge in [-0.25, -0.2) is 4.79 Å². The first-order valence-electron chi connectivity index (χ1n) is 6.44. The fourth-order valence-electron chi connectivity index (χ4n) is 1.76. The summed E-state index contributed by atoms with van der Waals surface area (Å²) in [4.78, 5) is 33.2. The summed E-state index contributed by atoms with van der Waals surface area (Å²) in [5, 5.41) is 22.1. The molecule has 0 aromatic heterocycles. The topological polar surface area (TPSA) is 136 Å². The molecule has 0 heterocycles. The third-order valence-electron chi connectivity index (χ3n) is 2.94. The van der Waals surface area contributed by atoms with Gasteiger partial charge in [0.1, 0.15) is 6.04 Å². The fraction of sp³-hybridized carbons (Fsp3) is 0.385. The van der Waals surface area contributed by atoms with Gasteiger partial charge in [-0.05, 0) is 12.5 Å². The molecule has 0 aliphatic rings. The summed E-state index contributed by atoms with van der Waals surface area (Å²) in [6.07, 6.45) is 1.71. The summed E-state index contributed by atoms with van der Waals surface area (Å²) >= 11 is 0. The minimum absolute atomic E-state index is 0.0535. The van der Waals surface area contributed by atoms with Crippen molar-refractivity contribution in [2.75, 3.05) is 5.73 Å². The number of nitrogens with zero attached hydrogens (tertiary/aromatic N) is 1. The van der Waals surface area contributed by atoms with Crippen molar-refractivity contribution in [2.45, 2.75) is 32.2 Å². The maximum absolute atomic E-state index is 12.0. The van der Waals surface area contributed by atoms with Gasteiger partial charge < -0.3 is 16.2 Å². The van der Waals surface area contributed by atoms with Crippen molar-refractivity contribution in [2.24, 2.45) is 0 Å². The van der Waals surface area contributed by atoms with Crippen molar-refractivity contribution in [3.05, 3.63) is 33.9 Å². The van der Waals surface area contributed by atoms with E-state index in [2.05, 4.69) is 5.32 Å². The molecule has 0 saturated heterocycles. The number of aliphatic carboxylic acids is 1. The van der Waals surface area contributed by atoms with E-state index in [1.807, 2.05) is 6.92 Å². The van der Waals surface area contributed by atoms with Crippen LogP contribution >= 0.6 is 0 Å². The number of carbonyl (C=O) groups excluding carboxylic acids is 1. The molecule has 21 heavy (non-hydrogen) atoms. The number of carboxylic acids is 1. The van der Waals surface area contributed by atoms with Crippen LogP contribution in [0.5, 0.6) is 0 Å². The average molecular weight is 295 g/mol. The highest BCUT2D eigenvalue weighted by atomic mass is 16.6. The van der Waals surface area contributed by atoms with Crippen molar-refractivity contribution in [1.29, 1.82) is 0 Å². The van der Waals surface area contributed by atoms with Crippen molar-refractivity contribution in [1.82, 2.24) is 5.32 Å². The van der Waals surface area contributed by atoms with E-state index < -0.39 is 22.8 Å². The molecule has 0 aliphatic heterocycles. The van der Waals surface area contributed by atoms with Crippen molar-refractivity contribution < 1.29 is 19.6 Å². The number of rotatable bonds is 7. The number of nitro groups is 1. The van der Waals surface area contributed by atoms with Gasteiger partial charge in [0.2, 0.25) is 0 Å². The van der Waals surface area contributed by atoms with Crippen LogP contribution < -0.4 is 11.1 Å². The lowest BCUT2D eigenvalue weighted by molar-refractivity contribution is -0.384. The number of amides is 1. The SMILES string of the molecule is CCCCC(NC(=O)c1cc([N+](=O)[O-])ccc1N)C(=O)O. The summed E-state index contributed by atoms with van der Waals surface area (Å²) in [5.41, 5.74) is 5.28. The van der Waals surface area contributed by atoms with Crippen LogP contribution in [0.1, 0.15) is 36.5 Å². The Balaban J connectivity index is 2.94. The second kappa shape index (κ2) is 7.22. The van der Waals surface area contributed by atoms with E-state index >= 15 is 0 Å². The number of benzene rings is 1. The van der Waals surface area contributed by atoms with Gasteiger partial charge in [-0.2, -0.15) is 0 Å². The molecule has 0 spiro atoms. The predicted octanol–water partition coefficient (Wildman–Crippen LogP) is 1.55. The lowest BCUT2D eigenvalue weighted by Crippen LogP contribution is -2.41. The lowest BCUT2D eigenvalue weighted by Gasteiger charge is -2.14. The van der Waals surface area contributed by atoms with Crippen LogP contribution in [0.3, 0.4) is 0 Å². The third kappa shape index (κ3) is 4.44. The van der Waals surface area contributed by atoms with Crippen LogP contribution in [0.25, 0.3) is 0 Å². The van der Waals surface area contributed by atoms with E-state index in [0.29, 0.717) is 6.42 Å². The largest absolute Gasteiger partial charge is 0.480 e. The van der Waals surface area contributed by atoms with E-state index in [9.17, 15) is 19.7 Å². The molecule has 8 heteroatoms. The third-order valence-corrected chi connectivity index (χ3v) is 2.94. The molecule has 0 radical (unpaired) electrons. The number of hydrogen-bond acceptors (Lipinski definition) is 5. The van der Waals surface area contributed by atoms with Crippen LogP contribution in [0.15, 0.2) is 18.2 Å². The lowest BCUT2D eigenvalue weighted by atomic mass is 10.1. The van der Waals surface area contributed by atoms with Crippen LogP contribution in [-0.2, 0) is 4.79 Å². The quantitative estimate of drug-likeness (QED) is 0.396. The molecule has 1 aromatic carbocycles. The smallest absolute Gasteiger partial charge is 0.326 e. The number of nitrogen functional groups attached to an aromatic ring is 1. The summed E-state index contributed by atoms with van der Waals surface area (Å²) < 4.78 is 0. The Morgan fingerprint density at radius 1 is 1.48 bits per heavy atom. The monoisotopic (exact) mass is 295 g/mol. The van der Waals surface area contributed by atoms with Gasteiger partial charge in [0.15, 0.2) is 0 Å². The number of anilines is 1. The van der Waals surface area contributed by atoms with Gasteiger partial charge in [0.25, 0.3) is 11.6 Å². The molecule has 4 N–H and O–H groups in total. The van der Waals surface area contributed by atoms with E-state index in [-0.39, 0.29) is 23.4 Å². The predicted molar refractivity (Wildman–Crippen MR) is 75.9 cm³/mol. The molecule has 1 aromatic rings. The zero-order valence-corrected chi connectivity index (χ0v) is 11.5. The zero-order valence-electron chi connectivity index (χ0n) is 11.5. The molecule has 1 amide bonds. The summed E-state index contributed by atoms with van der Waals surface area (Å²) in [6, 6.07) is 2.41. The van der Waals surface area contributed by atoms with Crippen LogP contribution in [0, 0.1) is 10.1 Å². The molecular weight excluding hydrogens is 278 g/mol. The zero-order chi connectivity index (χ0) is 16.0. The van der Waals surface area contributed by atoms with E-state index in [1.54, 1.807) is 0 Å². The maximum atomic E-state index is 12.0. The van der Waals surface area contributed by atoms with Crippen molar-refractivity contribution in [3.8, 4) is 0 Å². The molecule has 0 fully saturated rings. The highest BCUT2D eigenvalue weighted by molar-refractivity contribution is 6.01. The highest BCUT2D eigenvalue weighted by Crippen LogP contribution is 2.19. The Bertz CT molecular complexity index is 559. The first kappa shape index (κ1) is 16.4. The summed E-state index contributed by atoms with van der Waals surface area (Å²) in [6.45, 7) is 1.90. The number of unbranched alkanes of at least 4 members (excludes halogenated alkanes) is 1. The molecule has 1 unspecified atom stereocenters. The Labute approximate surface area is 121 Å². The maximum Gasteiger partial charge on any atom is 0.326 e. The second-order valence-electron chi connectivity index (χ2n) is 4.54. The Morgan fingerprint density at radius 3 is 2.67 bits per heavy atom. The first-order chi connectivity index (χ1) is 9.86. The first-order valence-corrected chi connectivity index (χ1v) is 6.44. The molecule has 1 rings (SSSR count). The molecule has 0 saturated carbocycles. The highest BCUT2D eigenvalue weighted by Gasteiger charge is 2.22. The number of carbonyl (C=O) groups is 2. The van der Waals surface area contributed by atoms with E-state index in [4.69, 9.17) is 10.8 Å². The number of nitrogens with one attached hydrogen (secondary N) is 1. The molecule has 8 nitrogen and oxygen atoms in total. The van der Waals surface area contributed by atoms with Gasteiger partial charge in [0.05, 0.1) is 10.5 Å². The van der Waals surface area contributed by atoms with Crippen molar-refractivity contribution in [3.63, 3.8) is 0 Å². The Morgan fingerprint density at radius 2 is 2.14 bits per heavy atom. The molecule has 114 valence electrons. The molecule has 0 bridgehead atoms. The van der Waals surface area contributed by atoms with Gasteiger partial charge >= 0.3 is 5.97 Å². The normalized spacial score (nSPS) is 11.7. The molecule has 0 aliphatic carbocycles. The number of nitro benzene ring substituents is 1. The minimum Gasteiger partial charge on any atom is -0.480 e. The number of hydrogen-bond donors (Lipinski definition) is 3. The van der Waals surface area contributed by atoms with E-state index in [0.717, 1.165) is 12.5 Å². The standard InChI is InChI=1S/C13H17N3O5/c1-2-3-4-11(13(18)19)15-12(17)9-7-8(16(20)21)5-6-10(9)14/h5-7,11H,2-4,14H2,1H3,(H,15,17)(H,18,19). The average Bonchev–Trinajstić information content (AvgIpc) is 2.42. The Hall–Kier alpha value is -2.64. The second-order valence-corrected chi connectivity index (χ2v) is 4.54. The minimum atomic E-state index is -1.15. The Kier molecular flexibility index (Phi) is 5.65. The van der Waals surface area contributed by atoms with Gasteiger partial charge in [0, 0.05) is 17.8 Å². The molecular formula is C13H17N3O5. The van der Waals surface area contributed by atoms with Gasteiger partial charge in [-0.15, -0.1) is 0 Å². The van der Waals surface area contributed by atoms with Crippen LogP contribution in [0.2, 0.25) is 0 Å². The van der Waals surface area contributed by atoms with E-state index in [1.165, 1.54) is 12.1 Å². The van der Waals surface area contributed by atoms with Crippen LogP contribution in [-0.4, -0.2) is 27.9 Å². The van der Waals surface area contributed by atoms with Gasteiger partial charge in [-0.1, -0.05) is 19.8 Å². The number of non-ortho nitro benzene ring substituents is 1. The number of carboxylic acid groups (broad SMARTS) is 1. The molecule has 1 atom stereocenters. The summed E-state index contributed by atoms with van der Waals surface area (Å²) in [7, 11) is 0. The van der Waals surface area contributed by atoms with Gasteiger partial charge in [-0.3, -0.25) is 14.9 Å². The number of nitrogens with two attached hydrogens (primary N) is 1. The van der Waals surface area contributed by atoms with Crippen LogP contribution in [0.4, 0.5) is 11.4 Å². The van der Waals surface area contributed by atoms with Crippen molar-refractivity contribution >= 4 is 23.3 Å². The fourth-order valence-corrected chi connectivity index (χ4v) is 1.76. The summed E-state index contributed by atoms with van der Waals surface area (Å²) in [5.74, 6) is -1.89.